The fraction of sp³-hybridized carbons (Fsp3) is 0.167. The summed E-state index contributed by atoms with van der Waals surface area (Å²) in [5.74, 6) is 0. The Balaban J connectivity index is 2.69. The maximum atomic E-state index is 12.0. The number of carbonyl (C=O) groups is 1. The molecule has 0 aromatic carbocycles. The Kier molecular flexibility index (Phi) is 6.75. The number of rotatable bonds is 5. The second-order valence-electron chi connectivity index (χ2n) is 4.86. The molecule has 0 saturated carbocycles. The van der Waals surface area contributed by atoms with Gasteiger partial charge in [0.1, 0.15) is 0 Å². The van der Waals surface area contributed by atoms with Crippen LogP contribution in [0.3, 0.4) is 0 Å². The van der Waals surface area contributed by atoms with Crippen LogP contribution < -0.4 is 10.6 Å². The molecule has 0 unspecified atom stereocenters. The van der Waals surface area contributed by atoms with E-state index in [1.807, 2.05) is 37.3 Å². The van der Waals surface area contributed by atoms with Gasteiger partial charge in [0.2, 0.25) is 0 Å². The highest BCUT2D eigenvalue weighted by Crippen LogP contribution is 2.08. The first-order valence-corrected chi connectivity index (χ1v) is 6.79. The standard InChI is InChI=1S/C18H22N2O/c1-5-7-16(12-10-14(2)3)19-18(21)20-17-9-6-8-15(4)11-13-17/h5-7,9-13H,1-2,8H2,3-4H3,(H2,19,20,21)/b12-10-,16-7+. The van der Waals surface area contributed by atoms with E-state index >= 15 is 0 Å². The monoisotopic (exact) mass is 282 g/mol. The minimum atomic E-state index is -0.293. The van der Waals surface area contributed by atoms with Crippen molar-refractivity contribution in [3.8, 4) is 0 Å². The average molecular weight is 282 g/mol. The van der Waals surface area contributed by atoms with Crippen molar-refractivity contribution in [2.45, 2.75) is 20.3 Å². The fourth-order valence-corrected chi connectivity index (χ4v) is 1.60. The predicted octanol–water partition coefficient (Wildman–Crippen LogP) is 4.28. The molecule has 21 heavy (non-hydrogen) atoms. The van der Waals surface area contributed by atoms with Gasteiger partial charge in [-0.05, 0) is 44.6 Å². The molecule has 1 rings (SSSR count). The van der Waals surface area contributed by atoms with E-state index < -0.39 is 0 Å². The van der Waals surface area contributed by atoms with Gasteiger partial charge in [0.15, 0.2) is 0 Å². The molecule has 3 nitrogen and oxygen atoms in total. The Morgan fingerprint density at radius 1 is 1.33 bits per heavy atom. The third kappa shape index (κ3) is 6.97. The zero-order chi connectivity index (χ0) is 15.7. The van der Waals surface area contributed by atoms with Crippen LogP contribution in [-0.4, -0.2) is 6.03 Å². The molecule has 0 atom stereocenters. The average Bonchev–Trinajstić information content (AvgIpc) is 2.61. The summed E-state index contributed by atoms with van der Waals surface area (Å²) in [5.41, 5.74) is 3.56. The summed E-state index contributed by atoms with van der Waals surface area (Å²) in [7, 11) is 0. The molecule has 1 aliphatic rings. The summed E-state index contributed by atoms with van der Waals surface area (Å²) in [5, 5.41) is 5.57. The Hall–Kier alpha value is -2.55. The summed E-state index contributed by atoms with van der Waals surface area (Å²) in [6.45, 7) is 11.4. The van der Waals surface area contributed by atoms with Gasteiger partial charge in [-0.1, -0.05) is 48.6 Å². The lowest BCUT2D eigenvalue weighted by atomic mass is 10.2. The quantitative estimate of drug-likeness (QED) is 0.726. The number of hydrogen-bond donors (Lipinski definition) is 2. The Morgan fingerprint density at radius 2 is 2.10 bits per heavy atom. The maximum Gasteiger partial charge on any atom is 0.323 e. The van der Waals surface area contributed by atoms with Gasteiger partial charge in [0.25, 0.3) is 0 Å². The number of amides is 2. The molecule has 0 fully saturated rings. The lowest BCUT2D eigenvalue weighted by Gasteiger charge is -2.08. The molecule has 110 valence electrons. The van der Waals surface area contributed by atoms with Crippen molar-refractivity contribution in [3.05, 3.63) is 84.3 Å². The van der Waals surface area contributed by atoms with E-state index in [9.17, 15) is 4.79 Å². The first-order chi connectivity index (χ1) is 10.0. The SMILES string of the molecule is C=C/C=C(\C=C/C(=C)C)NC(=O)NC1=CC=C(C)CC=C1. The zero-order valence-corrected chi connectivity index (χ0v) is 12.6. The zero-order valence-electron chi connectivity index (χ0n) is 12.6. The molecule has 0 aromatic rings. The normalized spacial score (nSPS) is 15.0. The maximum absolute atomic E-state index is 12.0. The molecule has 0 spiro atoms. The highest BCUT2D eigenvalue weighted by atomic mass is 16.2. The van der Waals surface area contributed by atoms with Crippen molar-refractivity contribution >= 4 is 6.03 Å². The third-order valence-corrected chi connectivity index (χ3v) is 2.65. The van der Waals surface area contributed by atoms with Crippen LogP contribution in [0.5, 0.6) is 0 Å². The Labute approximate surface area is 126 Å². The lowest BCUT2D eigenvalue weighted by molar-refractivity contribution is 0.246. The molecule has 0 aromatic heterocycles. The minimum Gasteiger partial charge on any atom is -0.308 e. The van der Waals surface area contributed by atoms with Crippen molar-refractivity contribution in [2.24, 2.45) is 0 Å². The van der Waals surface area contributed by atoms with E-state index in [0.717, 1.165) is 17.7 Å². The fourth-order valence-electron chi connectivity index (χ4n) is 1.60. The lowest BCUT2D eigenvalue weighted by Crippen LogP contribution is -2.33. The third-order valence-electron chi connectivity index (χ3n) is 2.65. The molecule has 0 aliphatic heterocycles. The summed E-state index contributed by atoms with van der Waals surface area (Å²) in [6.07, 6.45) is 15.6. The Morgan fingerprint density at radius 3 is 2.76 bits per heavy atom. The number of nitrogens with one attached hydrogen (secondary N) is 2. The van der Waals surface area contributed by atoms with Crippen LogP contribution in [0.15, 0.2) is 84.3 Å². The summed E-state index contributed by atoms with van der Waals surface area (Å²) in [6, 6.07) is -0.293. The highest BCUT2D eigenvalue weighted by molar-refractivity contribution is 5.79. The molecule has 0 radical (unpaired) electrons. The van der Waals surface area contributed by atoms with Crippen LogP contribution in [0.1, 0.15) is 20.3 Å². The van der Waals surface area contributed by atoms with Gasteiger partial charge < -0.3 is 10.6 Å². The predicted molar refractivity (Wildman–Crippen MR) is 89.5 cm³/mol. The van der Waals surface area contributed by atoms with Gasteiger partial charge in [-0.25, -0.2) is 4.79 Å². The van der Waals surface area contributed by atoms with Gasteiger partial charge in [-0.2, -0.15) is 0 Å². The van der Waals surface area contributed by atoms with Crippen molar-refractivity contribution in [2.75, 3.05) is 0 Å². The van der Waals surface area contributed by atoms with Crippen LogP contribution in [0, 0.1) is 0 Å². The Bertz CT molecular complexity index is 572. The van der Waals surface area contributed by atoms with E-state index in [-0.39, 0.29) is 6.03 Å². The smallest absolute Gasteiger partial charge is 0.308 e. The first kappa shape index (κ1) is 16.5. The van der Waals surface area contributed by atoms with Gasteiger partial charge >= 0.3 is 6.03 Å². The van der Waals surface area contributed by atoms with Crippen LogP contribution >= 0.6 is 0 Å². The minimum absolute atomic E-state index is 0.293. The molecular formula is C18H22N2O. The van der Waals surface area contributed by atoms with Crippen molar-refractivity contribution in [1.82, 2.24) is 10.6 Å². The van der Waals surface area contributed by atoms with Gasteiger partial charge in [0.05, 0.1) is 0 Å². The van der Waals surface area contributed by atoms with E-state index in [2.05, 4.69) is 30.7 Å². The second-order valence-corrected chi connectivity index (χ2v) is 4.86. The molecule has 3 heteroatoms. The van der Waals surface area contributed by atoms with Crippen molar-refractivity contribution in [1.29, 1.82) is 0 Å². The van der Waals surface area contributed by atoms with Gasteiger partial charge in [-0.15, -0.1) is 0 Å². The van der Waals surface area contributed by atoms with E-state index in [1.54, 1.807) is 18.2 Å². The van der Waals surface area contributed by atoms with E-state index in [0.29, 0.717) is 5.70 Å². The number of hydrogen-bond acceptors (Lipinski definition) is 1. The second kappa shape index (κ2) is 8.59. The highest BCUT2D eigenvalue weighted by Gasteiger charge is 2.04. The topological polar surface area (TPSA) is 41.1 Å². The molecule has 2 amide bonds. The largest absolute Gasteiger partial charge is 0.323 e. The summed E-state index contributed by atoms with van der Waals surface area (Å²) >= 11 is 0. The van der Waals surface area contributed by atoms with Crippen LogP contribution in [0.4, 0.5) is 4.79 Å². The number of allylic oxidation sites excluding steroid dienone is 10. The molecule has 0 saturated heterocycles. The number of carbonyl (C=O) groups excluding carboxylic acids is 1. The number of urea groups is 1. The van der Waals surface area contributed by atoms with Crippen LogP contribution in [0.25, 0.3) is 0 Å². The molecular weight excluding hydrogens is 260 g/mol. The van der Waals surface area contributed by atoms with Crippen LogP contribution in [0.2, 0.25) is 0 Å². The molecule has 1 aliphatic carbocycles. The van der Waals surface area contributed by atoms with Crippen LogP contribution in [-0.2, 0) is 0 Å². The van der Waals surface area contributed by atoms with E-state index in [1.165, 1.54) is 5.57 Å². The van der Waals surface area contributed by atoms with E-state index in [4.69, 9.17) is 0 Å². The van der Waals surface area contributed by atoms with Crippen molar-refractivity contribution < 1.29 is 4.79 Å². The first-order valence-electron chi connectivity index (χ1n) is 6.79. The molecule has 0 heterocycles. The molecule has 0 bridgehead atoms. The summed E-state index contributed by atoms with van der Waals surface area (Å²) in [4.78, 5) is 12.0. The van der Waals surface area contributed by atoms with Crippen molar-refractivity contribution in [3.63, 3.8) is 0 Å². The van der Waals surface area contributed by atoms with Gasteiger partial charge in [0, 0.05) is 11.4 Å². The molecule has 2 N–H and O–H groups in total. The van der Waals surface area contributed by atoms with Gasteiger partial charge in [-0.3, -0.25) is 0 Å². The summed E-state index contributed by atoms with van der Waals surface area (Å²) < 4.78 is 0.